The Labute approximate surface area is 148 Å². The molecule has 0 aliphatic carbocycles. The van der Waals surface area contributed by atoms with E-state index in [1.807, 2.05) is 36.4 Å². The number of hydrogen-bond donors (Lipinski definition) is 0. The summed E-state index contributed by atoms with van der Waals surface area (Å²) in [5, 5.41) is 18.0. The summed E-state index contributed by atoms with van der Waals surface area (Å²) in [4.78, 5) is 14.0. The standard InChI is InChI=1S/C21H21N3O/c1-16(2)6-11-21(25)24(13-12-22)20-5-3-4-19(14-20)18-9-7-17(15-23)8-10-18/h3-5,7-10,14,16H,6,11,13H2,1-2H3. The Morgan fingerprint density at radius 2 is 1.80 bits per heavy atom. The van der Waals surface area contributed by atoms with Crippen LogP contribution in [0.25, 0.3) is 11.1 Å². The summed E-state index contributed by atoms with van der Waals surface area (Å²) in [5.74, 6) is 0.407. The van der Waals surface area contributed by atoms with Crippen molar-refractivity contribution in [3.8, 4) is 23.3 Å². The van der Waals surface area contributed by atoms with Crippen molar-refractivity contribution in [2.24, 2.45) is 5.92 Å². The molecule has 0 heterocycles. The van der Waals surface area contributed by atoms with Gasteiger partial charge in [-0.3, -0.25) is 9.69 Å². The summed E-state index contributed by atoms with van der Waals surface area (Å²) in [7, 11) is 0. The second-order valence-electron chi connectivity index (χ2n) is 6.31. The highest BCUT2D eigenvalue weighted by atomic mass is 16.2. The fourth-order valence-electron chi connectivity index (χ4n) is 2.53. The van der Waals surface area contributed by atoms with Crippen molar-refractivity contribution < 1.29 is 4.79 Å². The SMILES string of the molecule is CC(C)CCC(=O)N(CC#N)c1cccc(-c2ccc(C#N)cc2)c1. The number of carbonyl (C=O) groups excluding carboxylic acids is 1. The second-order valence-corrected chi connectivity index (χ2v) is 6.31. The largest absolute Gasteiger partial charge is 0.299 e. The maximum atomic E-state index is 12.5. The van der Waals surface area contributed by atoms with Gasteiger partial charge in [-0.1, -0.05) is 38.1 Å². The van der Waals surface area contributed by atoms with E-state index in [0.717, 1.165) is 23.2 Å². The number of rotatable bonds is 6. The van der Waals surface area contributed by atoms with Crippen LogP contribution in [0, 0.1) is 28.6 Å². The summed E-state index contributed by atoms with van der Waals surface area (Å²) in [6.07, 6.45) is 1.23. The molecule has 0 N–H and O–H groups in total. The van der Waals surface area contributed by atoms with Gasteiger partial charge in [0.1, 0.15) is 6.54 Å². The van der Waals surface area contributed by atoms with Crippen LogP contribution < -0.4 is 4.90 Å². The summed E-state index contributed by atoms with van der Waals surface area (Å²) in [6, 6.07) is 19.1. The second kappa shape index (κ2) is 8.66. The highest BCUT2D eigenvalue weighted by Crippen LogP contribution is 2.26. The molecule has 0 radical (unpaired) electrons. The number of anilines is 1. The lowest BCUT2D eigenvalue weighted by Crippen LogP contribution is -2.31. The van der Waals surface area contributed by atoms with Crippen LogP contribution in [-0.4, -0.2) is 12.5 Å². The molecule has 4 nitrogen and oxygen atoms in total. The third-order valence-electron chi connectivity index (χ3n) is 3.97. The van der Waals surface area contributed by atoms with Gasteiger partial charge in [0.05, 0.1) is 17.7 Å². The number of benzene rings is 2. The van der Waals surface area contributed by atoms with Crippen LogP contribution in [0.5, 0.6) is 0 Å². The lowest BCUT2D eigenvalue weighted by molar-refractivity contribution is -0.118. The molecular weight excluding hydrogens is 310 g/mol. The van der Waals surface area contributed by atoms with Crippen LogP contribution in [-0.2, 0) is 4.79 Å². The smallest absolute Gasteiger partial charge is 0.227 e. The molecule has 0 fully saturated rings. The molecule has 0 aromatic heterocycles. The van der Waals surface area contributed by atoms with Gasteiger partial charge in [-0.2, -0.15) is 10.5 Å². The van der Waals surface area contributed by atoms with Gasteiger partial charge in [-0.15, -0.1) is 0 Å². The van der Waals surface area contributed by atoms with Crippen LogP contribution in [0.4, 0.5) is 5.69 Å². The van der Waals surface area contributed by atoms with Crippen molar-refractivity contribution in [3.05, 3.63) is 54.1 Å². The first-order valence-corrected chi connectivity index (χ1v) is 8.33. The summed E-state index contributed by atoms with van der Waals surface area (Å²) < 4.78 is 0. The Hall–Kier alpha value is -3.11. The van der Waals surface area contributed by atoms with E-state index < -0.39 is 0 Å². The molecule has 4 heteroatoms. The van der Waals surface area contributed by atoms with E-state index in [9.17, 15) is 4.79 Å². The summed E-state index contributed by atoms with van der Waals surface area (Å²) in [5.41, 5.74) is 3.24. The van der Waals surface area contributed by atoms with Gasteiger partial charge in [-0.25, -0.2) is 0 Å². The zero-order valence-corrected chi connectivity index (χ0v) is 14.6. The quantitative estimate of drug-likeness (QED) is 0.731. The predicted molar refractivity (Wildman–Crippen MR) is 98.6 cm³/mol. The maximum Gasteiger partial charge on any atom is 0.227 e. The van der Waals surface area contributed by atoms with Crippen molar-refractivity contribution in [2.75, 3.05) is 11.4 Å². The number of amides is 1. The van der Waals surface area contributed by atoms with Crippen LogP contribution in [0.1, 0.15) is 32.3 Å². The van der Waals surface area contributed by atoms with Crippen molar-refractivity contribution in [3.63, 3.8) is 0 Å². The lowest BCUT2D eigenvalue weighted by Gasteiger charge is -2.21. The van der Waals surface area contributed by atoms with E-state index in [0.29, 0.717) is 17.9 Å². The van der Waals surface area contributed by atoms with Crippen molar-refractivity contribution in [1.29, 1.82) is 10.5 Å². The van der Waals surface area contributed by atoms with Gasteiger partial charge in [0.25, 0.3) is 0 Å². The first-order valence-electron chi connectivity index (χ1n) is 8.33. The normalized spacial score (nSPS) is 10.1. The Kier molecular flexibility index (Phi) is 6.32. The Balaban J connectivity index is 2.28. The maximum absolute atomic E-state index is 12.5. The molecule has 2 rings (SSSR count). The fourth-order valence-corrected chi connectivity index (χ4v) is 2.53. The number of hydrogen-bond acceptors (Lipinski definition) is 3. The van der Waals surface area contributed by atoms with Gasteiger partial charge >= 0.3 is 0 Å². The molecule has 0 spiro atoms. The van der Waals surface area contributed by atoms with E-state index >= 15 is 0 Å². The van der Waals surface area contributed by atoms with Crippen LogP contribution in [0.15, 0.2) is 48.5 Å². The van der Waals surface area contributed by atoms with E-state index in [2.05, 4.69) is 26.0 Å². The predicted octanol–water partition coefficient (Wildman–Crippen LogP) is 4.52. The Morgan fingerprint density at radius 3 is 2.40 bits per heavy atom. The highest BCUT2D eigenvalue weighted by molar-refractivity contribution is 5.94. The average Bonchev–Trinajstić information content (AvgIpc) is 2.64. The Morgan fingerprint density at radius 1 is 1.08 bits per heavy atom. The number of nitrogens with zero attached hydrogens (tertiary/aromatic N) is 3. The van der Waals surface area contributed by atoms with Gasteiger partial charge in [0.15, 0.2) is 0 Å². The summed E-state index contributed by atoms with van der Waals surface area (Å²) >= 11 is 0. The zero-order valence-electron chi connectivity index (χ0n) is 14.6. The van der Waals surface area contributed by atoms with Gasteiger partial charge < -0.3 is 0 Å². The lowest BCUT2D eigenvalue weighted by atomic mass is 10.0. The van der Waals surface area contributed by atoms with E-state index in [4.69, 9.17) is 10.5 Å². The molecule has 0 aliphatic rings. The molecule has 2 aromatic rings. The number of carbonyl (C=O) groups is 1. The molecule has 0 atom stereocenters. The third kappa shape index (κ3) is 4.93. The van der Waals surface area contributed by atoms with E-state index in [-0.39, 0.29) is 12.5 Å². The first kappa shape index (κ1) is 18.2. The van der Waals surface area contributed by atoms with E-state index in [1.54, 1.807) is 12.1 Å². The topological polar surface area (TPSA) is 67.9 Å². The minimum absolute atomic E-state index is 0.0350. The average molecular weight is 331 g/mol. The third-order valence-corrected chi connectivity index (χ3v) is 3.97. The molecule has 2 aromatic carbocycles. The molecule has 1 amide bonds. The van der Waals surface area contributed by atoms with E-state index in [1.165, 1.54) is 4.90 Å². The number of nitriles is 2. The van der Waals surface area contributed by atoms with Crippen LogP contribution in [0.2, 0.25) is 0 Å². The van der Waals surface area contributed by atoms with Crippen LogP contribution in [0.3, 0.4) is 0 Å². The fraction of sp³-hybridized carbons (Fsp3) is 0.286. The Bertz CT molecular complexity index is 810. The van der Waals surface area contributed by atoms with Gasteiger partial charge in [0.2, 0.25) is 5.91 Å². The molecule has 25 heavy (non-hydrogen) atoms. The van der Waals surface area contributed by atoms with Crippen LogP contribution >= 0.6 is 0 Å². The van der Waals surface area contributed by atoms with Gasteiger partial charge in [-0.05, 0) is 47.7 Å². The van der Waals surface area contributed by atoms with Crippen molar-refractivity contribution in [1.82, 2.24) is 0 Å². The molecule has 126 valence electrons. The monoisotopic (exact) mass is 331 g/mol. The van der Waals surface area contributed by atoms with Crippen molar-refractivity contribution in [2.45, 2.75) is 26.7 Å². The molecule has 0 unspecified atom stereocenters. The zero-order chi connectivity index (χ0) is 18.2. The molecule has 0 bridgehead atoms. The highest BCUT2D eigenvalue weighted by Gasteiger charge is 2.16. The minimum Gasteiger partial charge on any atom is -0.299 e. The minimum atomic E-state index is -0.0350. The first-order chi connectivity index (χ1) is 12.0. The molecule has 0 saturated carbocycles. The van der Waals surface area contributed by atoms with Gasteiger partial charge in [0, 0.05) is 12.1 Å². The molecule has 0 aliphatic heterocycles. The van der Waals surface area contributed by atoms with Crippen molar-refractivity contribution >= 4 is 11.6 Å². The summed E-state index contributed by atoms with van der Waals surface area (Å²) in [6.45, 7) is 4.19. The molecule has 0 saturated heterocycles. The molecular formula is C21H21N3O.